The van der Waals surface area contributed by atoms with Crippen LogP contribution in [-0.4, -0.2) is 0 Å². The predicted octanol–water partition coefficient (Wildman–Crippen LogP) is 1.88. The van der Waals surface area contributed by atoms with E-state index in [0.29, 0.717) is 11.1 Å². The molecule has 0 spiro atoms. The average Bonchev–Trinajstić information content (AvgIpc) is 1.88. The summed E-state index contributed by atoms with van der Waals surface area (Å²) in [6.45, 7) is 3.49. The summed E-state index contributed by atoms with van der Waals surface area (Å²) in [5.41, 5.74) is 0.851. The van der Waals surface area contributed by atoms with Crippen molar-refractivity contribution in [2.24, 2.45) is 0 Å². The summed E-state index contributed by atoms with van der Waals surface area (Å²) in [7, 11) is 0. The van der Waals surface area contributed by atoms with Crippen molar-refractivity contribution >= 4 is 0 Å². The van der Waals surface area contributed by atoms with E-state index in [2.05, 4.69) is 6.92 Å². The molecule has 1 nitrogen and oxygen atoms in total. The third kappa shape index (κ3) is 1.14. The SMILES string of the molecule is [CH2]c1cc(F)ccc1C#N. The monoisotopic (exact) mass is 134 g/mol. The smallest absolute Gasteiger partial charge is 0.123 e. The molecule has 1 aromatic rings. The van der Waals surface area contributed by atoms with E-state index in [-0.39, 0.29) is 5.82 Å². The van der Waals surface area contributed by atoms with Crippen LogP contribution in [0.3, 0.4) is 0 Å². The molecule has 0 atom stereocenters. The first-order valence-corrected chi connectivity index (χ1v) is 2.75. The maximum Gasteiger partial charge on any atom is 0.123 e. The topological polar surface area (TPSA) is 23.8 Å². The van der Waals surface area contributed by atoms with Crippen LogP contribution in [0, 0.1) is 24.1 Å². The molecule has 0 bridgehead atoms. The first-order chi connectivity index (χ1) is 4.74. The average molecular weight is 134 g/mol. The van der Waals surface area contributed by atoms with Gasteiger partial charge in [0.1, 0.15) is 5.82 Å². The second-order valence-corrected chi connectivity index (χ2v) is 1.91. The summed E-state index contributed by atoms with van der Waals surface area (Å²) in [5, 5.41) is 8.40. The molecule has 0 amide bonds. The van der Waals surface area contributed by atoms with Crippen molar-refractivity contribution in [3.63, 3.8) is 0 Å². The predicted molar refractivity (Wildman–Crippen MR) is 35.6 cm³/mol. The van der Waals surface area contributed by atoms with Gasteiger partial charge in [0.15, 0.2) is 0 Å². The van der Waals surface area contributed by atoms with E-state index in [4.69, 9.17) is 5.26 Å². The quantitative estimate of drug-likeness (QED) is 0.531. The van der Waals surface area contributed by atoms with Crippen LogP contribution in [0.4, 0.5) is 4.39 Å². The summed E-state index contributed by atoms with van der Waals surface area (Å²) < 4.78 is 12.3. The maximum absolute atomic E-state index is 12.3. The van der Waals surface area contributed by atoms with Gasteiger partial charge < -0.3 is 0 Å². The molecule has 0 saturated carbocycles. The molecule has 1 radical (unpaired) electrons. The van der Waals surface area contributed by atoms with Gasteiger partial charge in [-0.25, -0.2) is 4.39 Å². The lowest BCUT2D eigenvalue weighted by Gasteiger charge is -1.93. The van der Waals surface area contributed by atoms with Gasteiger partial charge in [-0.15, -0.1) is 0 Å². The molecule has 0 aliphatic carbocycles. The minimum Gasteiger partial charge on any atom is -0.207 e. The molecule has 0 aliphatic rings. The summed E-state index contributed by atoms with van der Waals surface area (Å²) >= 11 is 0. The molecular formula is C8H5FN. The normalized spacial score (nSPS) is 8.90. The molecule has 0 fully saturated rings. The van der Waals surface area contributed by atoms with Crippen LogP contribution in [0.1, 0.15) is 11.1 Å². The van der Waals surface area contributed by atoms with Crippen LogP contribution in [0.2, 0.25) is 0 Å². The van der Waals surface area contributed by atoms with Crippen molar-refractivity contribution in [2.45, 2.75) is 0 Å². The Morgan fingerprint density at radius 3 is 2.70 bits per heavy atom. The number of benzene rings is 1. The summed E-state index contributed by atoms with van der Waals surface area (Å²) in [4.78, 5) is 0. The lowest BCUT2D eigenvalue weighted by molar-refractivity contribution is 0.627. The van der Waals surface area contributed by atoms with E-state index in [1.807, 2.05) is 6.07 Å². The Morgan fingerprint density at radius 2 is 2.20 bits per heavy atom. The highest BCUT2D eigenvalue weighted by molar-refractivity contribution is 5.39. The van der Waals surface area contributed by atoms with E-state index >= 15 is 0 Å². The third-order valence-corrected chi connectivity index (χ3v) is 1.19. The molecular weight excluding hydrogens is 129 g/mol. The highest BCUT2D eigenvalue weighted by atomic mass is 19.1. The lowest BCUT2D eigenvalue weighted by Crippen LogP contribution is -1.82. The van der Waals surface area contributed by atoms with Crippen LogP contribution in [-0.2, 0) is 0 Å². The maximum atomic E-state index is 12.3. The highest BCUT2D eigenvalue weighted by Gasteiger charge is 1.96. The molecule has 49 valence electrons. The molecule has 0 saturated heterocycles. The zero-order valence-electron chi connectivity index (χ0n) is 5.26. The zero-order chi connectivity index (χ0) is 7.56. The number of rotatable bonds is 0. The minimum atomic E-state index is -0.357. The van der Waals surface area contributed by atoms with Gasteiger partial charge in [-0.2, -0.15) is 5.26 Å². The van der Waals surface area contributed by atoms with Crippen molar-refractivity contribution in [2.75, 3.05) is 0 Å². The van der Waals surface area contributed by atoms with Gasteiger partial charge in [0, 0.05) is 0 Å². The Balaban J connectivity index is 3.23. The third-order valence-electron chi connectivity index (χ3n) is 1.19. The van der Waals surface area contributed by atoms with Crippen LogP contribution in [0.5, 0.6) is 0 Å². The Bertz CT molecular complexity index is 286. The number of nitrogens with zero attached hydrogens (tertiary/aromatic N) is 1. The van der Waals surface area contributed by atoms with Gasteiger partial charge in [-0.3, -0.25) is 0 Å². The van der Waals surface area contributed by atoms with Gasteiger partial charge in [0.2, 0.25) is 0 Å². The van der Waals surface area contributed by atoms with Crippen LogP contribution < -0.4 is 0 Å². The van der Waals surface area contributed by atoms with Crippen molar-refractivity contribution in [3.05, 3.63) is 42.1 Å². The van der Waals surface area contributed by atoms with E-state index in [0.717, 1.165) is 0 Å². The Morgan fingerprint density at radius 1 is 1.50 bits per heavy atom. The molecule has 1 rings (SSSR count). The summed E-state index contributed by atoms with van der Waals surface area (Å²) in [6.07, 6.45) is 0. The van der Waals surface area contributed by atoms with Gasteiger partial charge in [0.05, 0.1) is 11.6 Å². The van der Waals surface area contributed by atoms with Crippen molar-refractivity contribution in [1.29, 1.82) is 5.26 Å². The molecule has 0 N–H and O–H groups in total. The number of nitriles is 1. The van der Waals surface area contributed by atoms with Gasteiger partial charge >= 0.3 is 0 Å². The largest absolute Gasteiger partial charge is 0.207 e. The molecule has 0 aliphatic heterocycles. The van der Waals surface area contributed by atoms with Crippen LogP contribution in [0.25, 0.3) is 0 Å². The van der Waals surface area contributed by atoms with Crippen LogP contribution in [0.15, 0.2) is 18.2 Å². The lowest BCUT2D eigenvalue weighted by atomic mass is 10.1. The first-order valence-electron chi connectivity index (χ1n) is 2.75. The fraction of sp³-hybridized carbons (Fsp3) is 0. The standard InChI is InChI=1S/C8H5FN/c1-6-4-8(9)3-2-7(6)5-10/h2-4H,1H2. The molecule has 10 heavy (non-hydrogen) atoms. The number of hydrogen-bond acceptors (Lipinski definition) is 1. The van der Waals surface area contributed by atoms with Crippen molar-refractivity contribution in [3.8, 4) is 6.07 Å². The summed E-state index contributed by atoms with van der Waals surface area (Å²) in [6, 6.07) is 5.79. The fourth-order valence-corrected chi connectivity index (χ4v) is 0.671. The second-order valence-electron chi connectivity index (χ2n) is 1.91. The fourth-order valence-electron chi connectivity index (χ4n) is 0.671. The van der Waals surface area contributed by atoms with Gasteiger partial charge in [0.25, 0.3) is 0 Å². The first kappa shape index (κ1) is 6.76. The van der Waals surface area contributed by atoms with E-state index in [1.54, 1.807) is 0 Å². The van der Waals surface area contributed by atoms with Crippen molar-refractivity contribution < 1.29 is 4.39 Å². The molecule has 0 aromatic heterocycles. The Kier molecular flexibility index (Phi) is 1.68. The van der Waals surface area contributed by atoms with E-state index in [1.165, 1.54) is 18.2 Å². The minimum absolute atomic E-state index is 0.357. The Labute approximate surface area is 58.7 Å². The Hall–Kier alpha value is -1.36. The second kappa shape index (κ2) is 2.49. The molecule has 1 aromatic carbocycles. The number of hydrogen-bond donors (Lipinski definition) is 0. The zero-order valence-corrected chi connectivity index (χ0v) is 5.26. The molecule has 0 heterocycles. The molecule has 0 unspecified atom stereocenters. The highest BCUT2D eigenvalue weighted by Crippen LogP contribution is 2.07. The van der Waals surface area contributed by atoms with Crippen molar-refractivity contribution in [1.82, 2.24) is 0 Å². The van der Waals surface area contributed by atoms with E-state index in [9.17, 15) is 4.39 Å². The van der Waals surface area contributed by atoms with Gasteiger partial charge in [-0.05, 0) is 30.7 Å². The van der Waals surface area contributed by atoms with Gasteiger partial charge in [-0.1, -0.05) is 0 Å². The number of halogens is 1. The van der Waals surface area contributed by atoms with Crippen LogP contribution >= 0.6 is 0 Å². The summed E-state index contributed by atoms with van der Waals surface area (Å²) in [5.74, 6) is -0.357. The molecule has 2 heteroatoms. The van der Waals surface area contributed by atoms with E-state index < -0.39 is 0 Å².